The number of thiazole rings is 1. The van der Waals surface area contributed by atoms with E-state index in [4.69, 9.17) is 4.98 Å². The van der Waals surface area contributed by atoms with Crippen LogP contribution in [0.1, 0.15) is 22.0 Å². The third kappa shape index (κ3) is 3.15. The molecule has 0 saturated heterocycles. The van der Waals surface area contributed by atoms with E-state index in [1.807, 2.05) is 24.4 Å². The first kappa shape index (κ1) is 16.0. The lowest BCUT2D eigenvalue weighted by Gasteiger charge is -2.04. The van der Waals surface area contributed by atoms with Crippen LogP contribution in [-0.4, -0.2) is 34.9 Å². The summed E-state index contributed by atoms with van der Waals surface area (Å²) in [7, 11) is 0. The van der Waals surface area contributed by atoms with E-state index < -0.39 is 0 Å². The fourth-order valence-electron chi connectivity index (χ4n) is 3.02. The van der Waals surface area contributed by atoms with Crippen LogP contribution < -0.4 is 0 Å². The Balaban J connectivity index is 1.47. The molecule has 8 heteroatoms. The van der Waals surface area contributed by atoms with Crippen LogP contribution in [0.4, 0.5) is 0 Å². The van der Waals surface area contributed by atoms with E-state index in [-0.39, 0.29) is 0 Å². The average molecular weight is 373 g/mol. The first-order valence-electron chi connectivity index (χ1n) is 8.54. The number of rotatable bonds is 4. The maximum atomic E-state index is 4.73. The Kier molecular flexibility index (Phi) is 3.83. The maximum absolute atomic E-state index is 4.73. The summed E-state index contributed by atoms with van der Waals surface area (Å²) >= 11 is 1.64. The third-order valence-corrected chi connectivity index (χ3v) is 5.24. The number of aryl methyl sites for hydroxylation is 1. The van der Waals surface area contributed by atoms with Gasteiger partial charge >= 0.3 is 0 Å². The molecule has 0 amide bonds. The second-order valence-corrected chi connectivity index (χ2v) is 7.29. The summed E-state index contributed by atoms with van der Waals surface area (Å²) in [6, 6.07) is 10.2. The molecule has 0 bridgehead atoms. The minimum Gasteiger partial charge on any atom is -0.256 e. The first-order valence-corrected chi connectivity index (χ1v) is 9.42. The highest BCUT2D eigenvalue weighted by Crippen LogP contribution is 2.17. The minimum absolute atomic E-state index is 0.552. The van der Waals surface area contributed by atoms with Gasteiger partial charge in [-0.1, -0.05) is 17.3 Å². The highest BCUT2D eigenvalue weighted by atomic mass is 32.1. The molecule has 4 aromatic heterocycles. The SMILES string of the molecule is Cc1csc(Cc2cnc3nnn(Cc4ccc5ncccc5c4)c3n2)n1. The van der Waals surface area contributed by atoms with Crippen molar-refractivity contribution in [2.24, 2.45) is 0 Å². The molecule has 0 fully saturated rings. The molecule has 0 saturated carbocycles. The van der Waals surface area contributed by atoms with Gasteiger partial charge in [-0.05, 0) is 30.7 Å². The van der Waals surface area contributed by atoms with E-state index in [0.717, 1.165) is 32.9 Å². The molecule has 7 nitrogen and oxygen atoms in total. The summed E-state index contributed by atoms with van der Waals surface area (Å²) in [6.07, 6.45) is 4.21. The summed E-state index contributed by atoms with van der Waals surface area (Å²) in [4.78, 5) is 18.0. The highest BCUT2D eigenvalue weighted by molar-refractivity contribution is 7.09. The van der Waals surface area contributed by atoms with E-state index in [0.29, 0.717) is 24.3 Å². The predicted molar refractivity (Wildman–Crippen MR) is 104 cm³/mol. The van der Waals surface area contributed by atoms with Gasteiger partial charge in [-0.25, -0.2) is 19.6 Å². The monoisotopic (exact) mass is 373 g/mol. The van der Waals surface area contributed by atoms with Crippen molar-refractivity contribution in [3.8, 4) is 0 Å². The van der Waals surface area contributed by atoms with Crippen LogP contribution >= 0.6 is 11.3 Å². The second-order valence-electron chi connectivity index (χ2n) is 6.35. The van der Waals surface area contributed by atoms with Gasteiger partial charge in [0.1, 0.15) is 0 Å². The summed E-state index contributed by atoms with van der Waals surface area (Å²) in [5, 5.41) is 12.6. The van der Waals surface area contributed by atoms with Gasteiger partial charge in [-0.3, -0.25) is 4.98 Å². The normalized spacial score (nSPS) is 11.4. The van der Waals surface area contributed by atoms with Gasteiger partial charge in [0.25, 0.3) is 0 Å². The van der Waals surface area contributed by atoms with Crippen molar-refractivity contribution in [1.82, 2.24) is 34.9 Å². The smallest absolute Gasteiger partial charge is 0.221 e. The van der Waals surface area contributed by atoms with Crippen LogP contribution in [-0.2, 0) is 13.0 Å². The topological polar surface area (TPSA) is 82.3 Å². The summed E-state index contributed by atoms with van der Waals surface area (Å²) in [5.41, 5.74) is 5.23. The van der Waals surface area contributed by atoms with Gasteiger partial charge in [-0.15, -0.1) is 16.4 Å². The molecular weight excluding hydrogens is 358 g/mol. The Bertz CT molecular complexity index is 1260. The predicted octanol–water partition coefficient (Wildman–Crippen LogP) is 3.17. The van der Waals surface area contributed by atoms with Crippen LogP contribution in [0, 0.1) is 6.92 Å². The molecule has 0 aliphatic carbocycles. The fraction of sp³-hybridized carbons (Fsp3) is 0.158. The van der Waals surface area contributed by atoms with Crippen molar-refractivity contribution in [1.29, 1.82) is 0 Å². The standard InChI is InChI=1S/C19H15N7S/c1-12-11-27-17(22-12)8-15-9-21-18-19(23-15)26(25-24-18)10-13-4-5-16-14(7-13)3-2-6-20-16/h2-7,9,11H,8,10H2,1H3. The molecule has 0 unspecified atom stereocenters. The van der Waals surface area contributed by atoms with Gasteiger partial charge in [0.2, 0.25) is 5.65 Å². The van der Waals surface area contributed by atoms with Crippen LogP contribution in [0.3, 0.4) is 0 Å². The first-order chi connectivity index (χ1) is 13.2. The van der Waals surface area contributed by atoms with E-state index in [9.17, 15) is 0 Å². The molecule has 0 N–H and O–H groups in total. The van der Waals surface area contributed by atoms with E-state index in [1.165, 1.54) is 0 Å². The highest BCUT2D eigenvalue weighted by Gasteiger charge is 2.11. The number of hydrogen-bond acceptors (Lipinski definition) is 7. The zero-order valence-electron chi connectivity index (χ0n) is 14.6. The number of nitrogens with zero attached hydrogens (tertiary/aromatic N) is 7. The van der Waals surface area contributed by atoms with Gasteiger partial charge in [0, 0.05) is 29.1 Å². The van der Waals surface area contributed by atoms with Gasteiger partial charge in [0.05, 0.1) is 29.0 Å². The number of fused-ring (bicyclic) bond motifs is 2. The van der Waals surface area contributed by atoms with Gasteiger partial charge < -0.3 is 0 Å². The van der Waals surface area contributed by atoms with Crippen molar-refractivity contribution < 1.29 is 0 Å². The summed E-state index contributed by atoms with van der Waals surface area (Å²) in [6.45, 7) is 2.57. The zero-order chi connectivity index (χ0) is 18.2. The Labute approximate surface area is 158 Å². The average Bonchev–Trinajstić information content (AvgIpc) is 3.28. The quantitative estimate of drug-likeness (QED) is 0.481. The Morgan fingerprint density at radius 2 is 2.07 bits per heavy atom. The van der Waals surface area contributed by atoms with Crippen LogP contribution in [0.2, 0.25) is 0 Å². The lowest BCUT2D eigenvalue weighted by Crippen LogP contribution is -2.04. The van der Waals surface area contributed by atoms with E-state index >= 15 is 0 Å². The van der Waals surface area contributed by atoms with Gasteiger partial charge in [0.15, 0.2) is 5.65 Å². The van der Waals surface area contributed by atoms with Crippen LogP contribution in [0.25, 0.3) is 22.2 Å². The number of pyridine rings is 1. The summed E-state index contributed by atoms with van der Waals surface area (Å²) in [5.74, 6) is 0. The molecule has 0 aliphatic heterocycles. The van der Waals surface area contributed by atoms with Crippen molar-refractivity contribution in [3.63, 3.8) is 0 Å². The lowest BCUT2D eigenvalue weighted by atomic mass is 10.1. The zero-order valence-corrected chi connectivity index (χ0v) is 15.4. The fourth-order valence-corrected chi connectivity index (χ4v) is 3.80. The molecule has 0 spiro atoms. The Hall–Kier alpha value is -3.26. The van der Waals surface area contributed by atoms with Crippen molar-refractivity contribution in [2.45, 2.75) is 19.9 Å². The second kappa shape index (κ2) is 6.48. The van der Waals surface area contributed by atoms with E-state index in [1.54, 1.807) is 28.4 Å². The largest absolute Gasteiger partial charge is 0.256 e. The molecular formula is C19H15N7S. The maximum Gasteiger partial charge on any atom is 0.221 e. The molecule has 5 aromatic rings. The number of hydrogen-bond donors (Lipinski definition) is 0. The molecule has 132 valence electrons. The lowest BCUT2D eigenvalue weighted by molar-refractivity contribution is 0.663. The molecule has 0 aliphatic rings. The molecule has 0 atom stereocenters. The Morgan fingerprint density at radius 3 is 2.96 bits per heavy atom. The van der Waals surface area contributed by atoms with Crippen LogP contribution in [0.15, 0.2) is 48.1 Å². The molecule has 0 radical (unpaired) electrons. The van der Waals surface area contributed by atoms with Crippen LogP contribution in [0.5, 0.6) is 0 Å². The number of benzene rings is 1. The summed E-state index contributed by atoms with van der Waals surface area (Å²) < 4.78 is 1.79. The Morgan fingerprint density at radius 1 is 1.11 bits per heavy atom. The number of aromatic nitrogens is 7. The van der Waals surface area contributed by atoms with Crippen molar-refractivity contribution in [3.05, 3.63) is 70.1 Å². The van der Waals surface area contributed by atoms with Gasteiger partial charge in [-0.2, -0.15) is 0 Å². The molecule has 27 heavy (non-hydrogen) atoms. The minimum atomic E-state index is 0.552. The van der Waals surface area contributed by atoms with Crippen molar-refractivity contribution in [2.75, 3.05) is 0 Å². The molecule has 5 rings (SSSR count). The third-order valence-electron chi connectivity index (χ3n) is 4.28. The van der Waals surface area contributed by atoms with Crippen molar-refractivity contribution >= 4 is 33.5 Å². The molecule has 1 aromatic carbocycles. The van der Waals surface area contributed by atoms with E-state index in [2.05, 4.69) is 43.5 Å². The molecule has 4 heterocycles.